The van der Waals surface area contributed by atoms with Crippen molar-refractivity contribution in [2.75, 3.05) is 5.75 Å². The molecule has 1 unspecified atom stereocenters. The smallest absolute Gasteiger partial charge is 0.248 e. The van der Waals surface area contributed by atoms with Crippen molar-refractivity contribution < 1.29 is 13.9 Å². The SMILES string of the molecule is CCCC(O)c1cccc(SCC2CCC(F)(F)CC2)c1. The van der Waals surface area contributed by atoms with Crippen LogP contribution >= 0.6 is 11.8 Å². The summed E-state index contributed by atoms with van der Waals surface area (Å²) in [6, 6.07) is 7.98. The van der Waals surface area contributed by atoms with E-state index in [2.05, 4.69) is 6.92 Å². The Morgan fingerprint density at radius 2 is 2.05 bits per heavy atom. The summed E-state index contributed by atoms with van der Waals surface area (Å²) < 4.78 is 26.2. The number of rotatable bonds is 6. The molecule has 0 aliphatic heterocycles. The molecular formula is C17H24F2OS. The molecule has 0 heterocycles. The molecule has 1 aromatic rings. The molecule has 0 spiro atoms. The standard InChI is InChI=1S/C17H24F2OS/c1-2-4-16(20)14-5-3-6-15(11-14)21-12-13-7-9-17(18,19)10-8-13/h3,5-6,11,13,16,20H,2,4,7-10,12H2,1H3. The Morgan fingerprint density at radius 3 is 2.71 bits per heavy atom. The zero-order valence-electron chi connectivity index (χ0n) is 12.5. The van der Waals surface area contributed by atoms with E-state index in [9.17, 15) is 13.9 Å². The van der Waals surface area contributed by atoms with Crippen LogP contribution in [0.1, 0.15) is 57.1 Å². The molecule has 1 aliphatic carbocycles. The maximum absolute atomic E-state index is 13.1. The Balaban J connectivity index is 1.85. The Bertz CT molecular complexity index is 440. The van der Waals surface area contributed by atoms with Gasteiger partial charge in [-0.05, 0) is 42.9 Å². The maximum Gasteiger partial charge on any atom is 0.248 e. The third kappa shape index (κ3) is 5.26. The lowest BCUT2D eigenvalue weighted by Gasteiger charge is -2.27. The molecule has 0 amide bonds. The molecule has 0 aromatic heterocycles. The summed E-state index contributed by atoms with van der Waals surface area (Å²) in [5.41, 5.74) is 0.956. The monoisotopic (exact) mass is 314 g/mol. The van der Waals surface area contributed by atoms with Crippen LogP contribution in [0.4, 0.5) is 8.78 Å². The fraction of sp³-hybridized carbons (Fsp3) is 0.647. The van der Waals surface area contributed by atoms with Crippen LogP contribution in [0.3, 0.4) is 0 Å². The minimum Gasteiger partial charge on any atom is -0.388 e. The number of thioether (sulfide) groups is 1. The molecule has 21 heavy (non-hydrogen) atoms. The zero-order valence-corrected chi connectivity index (χ0v) is 13.3. The Hall–Kier alpha value is -0.610. The van der Waals surface area contributed by atoms with Crippen LogP contribution in [-0.2, 0) is 0 Å². The van der Waals surface area contributed by atoms with E-state index < -0.39 is 12.0 Å². The van der Waals surface area contributed by atoms with E-state index in [4.69, 9.17) is 0 Å². The van der Waals surface area contributed by atoms with E-state index in [0.29, 0.717) is 18.8 Å². The molecule has 1 atom stereocenters. The van der Waals surface area contributed by atoms with E-state index in [1.807, 2.05) is 24.3 Å². The fourth-order valence-corrected chi connectivity index (χ4v) is 3.89. The van der Waals surface area contributed by atoms with Gasteiger partial charge >= 0.3 is 0 Å². The van der Waals surface area contributed by atoms with Crippen molar-refractivity contribution in [3.8, 4) is 0 Å². The van der Waals surface area contributed by atoms with Crippen LogP contribution in [0.15, 0.2) is 29.2 Å². The van der Waals surface area contributed by atoms with Gasteiger partial charge in [0.1, 0.15) is 0 Å². The topological polar surface area (TPSA) is 20.2 Å². The summed E-state index contributed by atoms with van der Waals surface area (Å²) >= 11 is 1.72. The van der Waals surface area contributed by atoms with Gasteiger partial charge in [0.05, 0.1) is 6.10 Å². The van der Waals surface area contributed by atoms with Crippen molar-refractivity contribution >= 4 is 11.8 Å². The normalized spacial score (nSPS) is 20.4. The van der Waals surface area contributed by atoms with Gasteiger partial charge in [-0.25, -0.2) is 8.78 Å². The van der Waals surface area contributed by atoms with Crippen molar-refractivity contribution in [2.45, 2.75) is 62.4 Å². The number of halogens is 2. The molecule has 1 saturated carbocycles. The van der Waals surface area contributed by atoms with Crippen LogP contribution in [-0.4, -0.2) is 16.8 Å². The number of aliphatic hydroxyl groups is 1. The first kappa shape index (κ1) is 16.8. The van der Waals surface area contributed by atoms with Crippen molar-refractivity contribution in [3.63, 3.8) is 0 Å². The highest BCUT2D eigenvalue weighted by Crippen LogP contribution is 2.38. The van der Waals surface area contributed by atoms with Gasteiger partial charge in [-0.15, -0.1) is 11.8 Å². The van der Waals surface area contributed by atoms with E-state index in [1.165, 1.54) is 0 Å². The van der Waals surface area contributed by atoms with Gasteiger partial charge in [0, 0.05) is 23.5 Å². The number of hydrogen-bond donors (Lipinski definition) is 1. The second-order valence-corrected chi connectivity index (χ2v) is 7.08. The summed E-state index contributed by atoms with van der Waals surface area (Å²) in [5, 5.41) is 10.0. The third-order valence-corrected chi connectivity index (χ3v) is 5.35. The average molecular weight is 314 g/mol. The van der Waals surface area contributed by atoms with Gasteiger partial charge < -0.3 is 5.11 Å². The highest BCUT2D eigenvalue weighted by molar-refractivity contribution is 7.99. The molecule has 1 fully saturated rings. The van der Waals surface area contributed by atoms with Gasteiger partial charge in [-0.1, -0.05) is 25.5 Å². The fourth-order valence-electron chi connectivity index (χ4n) is 2.73. The molecule has 1 aromatic carbocycles. The first-order valence-electron chi connectivity index (χ1n) is 7.79. The molecule has 4 heteroatoms. The van der Waals surface area contributed by atoms with E-state index >= 15 is 0 Å². The number of benzene rings is 1. The van der Waals surface area contributed by atoms with E-state index in [0.717, 1.165) is 29.1 Å². The van der Waals surface area contributed by atoms with Crippen LogP contribution < -0.4 is 0 Å². The van der Waals surface area contributed by atoms with Crippen LogP contribution in [0.25, 0.3) is 0 Å². The first-order chi connectivity index (χ1) is 10.00. The minimum atomic E-state index is -2.44. The van der Waals surface area contributed by atoms with E-state index in [1.54, 1.807) is 11.8 Å². The van der Waals surface area contributed by atoms with Crippen LogP contribution in [0, 0.1) is 5.92 Å². The molecule has 0 radical (unpaired) electrons. The lowest BCUT2D eigenvalue weighted by molar-refractivity contribution is -0.0433. The molecular weight excluding hydrogens is 290 g/mol. The minimum absolute atomic E-state index is 0.0352. The van der Waals surface area contributed by atoms with E-state index in [-0.39, 0.29) is 12.8 Å². The summed E-state index contributed by atoms with van der Waals surface area (Å²) in [6.45, 7) is 2.06. The van der Waals surface area contributed by atoms with Gasteiger partial charge in [0.25, 0.3) is 0 Å². The van der Waals surface area contributed by atoms with Gasteiger partial charge in [-0.2, -0.15) is 0 Å². The lowest BCUT2D eigenvalue weighted by atomic mass is 9.88. The number of aliphatic hydroxyl groups excluding tert-OH is 1. The average Bonchev–Trinajstić information content (AvgIpc) is 2.47. The Labute approximate surface area is 130 Å². The van der Waals surface area contributed by atoms with Crippen molar-refractivity contribution in [1.82, 2.24) is 0 Å². The quantitative estimate of drug-likeness (QED) is 0.706. The summed E-state index contributed by atoms with van der Waals surface area (Å²) in [4.78, 5) is 1.12. The molecule has 0 bridgehead atoms. The molecule has 118 valence electrons. The lowest BCUT2D eigenvalue weighted by Crippen LogP contribution is -2.25. The summed E-state index contributed by atoms with van der Waals surface area (Å²) in [5.74, 6) is -1.16. The second kappa shape index (κ2) is 7.59. The van der Waals surface area contributed by atoms with Crippen LogP contribution in [0.5, 0.6) is 0 Å². The largest absolute Gasteiger partial charge is 0.388 e. The molecule has 1 aliphatic rings. The van der Waals surface area contributed by atoms with Gasteiger partial charge in [0.15, 0.2) is 0 Å². The number of hydrogen-bond acceptors (Lipinski definition) is 2. The van der Waals surface area contributed by atoms with Crippen molar-refractivity contribution in [3.05, 3.63) is 29.8 Å². The summed E-state index contributed by atoms with van der Waals surface area (Å²) in [7, 11) is 0. The molecule has 2 rings (SSSR count). The van der Waals surface area contributed by atoms with Gasteiger partial charge in [-0.3, -0.25) is 0 Å². The predicted octanol–water partition coefficient (Wildman–Crippen LogP) is 5.44. The van der Waals surface area contributed by atoms with Crippen LogP contribution in [0.2, 0.25) is 0 Å². The van der Waals surface area contributed by atoms with Crippen molar-refractivity contribution in [2.24, 2.45) is 5.92 Å². The first-order valence-corrected chi connectivity index (χ1v) is 8.77. The number of alkyl halides is 2. The molecule has 1 N–H and O–H groups in total. The third-order valence-electron chi connectivity index (χ3n) is 4.13. The predicted molar refractivity (Wildman–Crippen MR) is 83.9 cm³/mol. The molecule has 0 saturated heterocycles. The van der Waals surface area contributed by atoms with Gasteiger partial charge in [0.2, 0.25) is 5.92 Å². The zero-order chi connectivity index (χ0) is 15.3. The summed E-state index contributed by atoms with van der Waals surface area (Å²) in [6.07, 6.45) is 2.64. The second-order valence-electron chi connectivity index (χ2n) is 5.99. The maximum atomic E-state index is 13.1. The highest BCUT2D eigenvalue weighted by Gasteiger charge is 2.34. The Morgan fingerprint density at radius 1 is 1.33 bits per heavy atom. The molecule has 1 nitrogen and oxygen atoms in total. The van der Waals surface area contributed by atoms with Crippen molar-refractivity contribution in [1.29, 1.82) is 0 Å². The Kier molecular flexibility index (Phi) is 6.06. The highest BCUT2D eigenvalue weighted by atomic mass is 32.2.